The lowest BCUT2D eigenvalue weighted by atomic mass is 9.94. The number of rotatable bonds is 2. The predicted octanol–water partition coefficient (Wildman–Crippen LogP) is 3.20. The SMILES string of the molecule is CCC1CCN(c2cc(C)ccc2N)CC1. The molecule has 1 aromatic rings. The Bertz CT molecular complexity index is 352. The third-order valence-corrected chi connectivity index (χ3v) is 3.72. The Hall–Kier alpha value is -1.18. The van der Waals surface area contributed by atoms with Gasteiger partial charge in [0.1, 0.15) is 0 Å². The average molecular weight is 218 g/mol. The summed E-state index contributed by atoms with van der Waals surface area (Å²) in [5.74, 6) is 0.919. The van der Waals surface area contributed by atoms with Crippen molar-refractivity contribution in [3.05, 3.63) is 23.8 Å². The summed E-state index contributed by atoms with van der Waals surface area (Å²) in [4.78, 5) is 2.44. The monoisotopic (exact) mass is 218 g/mol. The van der Waals surface area contributed by atoms with Crippen molar-refractivity contribution in [3.63, 3.8) is 0 Å². The minimum atomic E-state index is 0.917. The lowest BCUT2D eigenvalue weighted by Crippen LogP contribution is -2.33. The maximum atomic E-state index is 6.05. The zero-order valence-corrected chi connectivity index (χ0v) is 10.4. The zero-order valence-electron chi connectivity index (χ0n) is 10.4. The second-order valence-corrected chi connectivity index (χ2v) is 4.90. The van der Waals surface area contributed by atoms with Crippen LogP contribution in [0.5, 0.6) is 0 Å². The van der Waals surface area contributed by atoms with Gasteiger partial charge >= 0.3 is 0 Å². The van der Waals surface area contributed by atoms with Crippen LogP contribution in [0.25, 0.3) is 0 Å². The molecule has 1 fully saturated rings. The molecule has 1 aliphatic heterocycles. The summed E-state index contributed by atoms with van der Waals surface area (Å²) in [5.41, 5.74) is 9.49. The molecule has 88 valence electrons. The van der Waals surface area contributed by atoms with Gasteiger partial charge in [-0.25, -0.2) is 0 Å². The summed E-state index contributed by atoms with van der Waals surface area (Å²) in [7, 11) is 0. The highest BCUT2D eigenvalue weighted by molar-refractivity contribution is 5.68. The molecular formula is C14H22N2. The molecule has 0 atom stereocenters. The number of benzene rings is 1. The van der Waals surface area contributed by atoms with Crippen molar-refractivity contribution in [1.29, 1.82) is 0 Å². The van der Waals surface area contributed by atoms with E-state index in [1.165, 1.54) is 30.5 Å². The topological polar surface area (TPSA) is 29.3 Å². The van der Waals surface area contributed by atoms with Gasteiger partial charge in [0.2, 0.25) is 0 Å². The highest BCUT2D eigenvalue weighted by Gasteiger charge is 2.19. The Kier molecular flexibility index (Phi) is 3.37. The Labute approximate surface area is 98.4 Å². The molecular weight excluding hydrogens is 196 g/mol. The van der Waals surface area contributed by atoms with Gasteiger partial charge in [0.15, 0.2) is 0 Å². The van der Waals surface area contributed by atoms with Gasteiger partial charge in [-0.2, -0.15) is 0 Å². The zero-order chi connectivity index (χ0) is 11.5. The van der Waals surface area contributed by atoms with Crippen LogP contribution in [0.1, 0.15) is 31.7 Å². The summed E-state index contributed by atoms with van der Waals surface area (Å²) in [6.07, 6.45) is 3.94. The molecule has 2 rings (SSSR count). The molecule has 0 bridgehead atoms. The van der Waals surface area contributed by atoms with Crippen LogP contribution in [-0.4, -0.2) is 13.1 Å². The maximum Gasteiger partial charge on any atom is 0.0602 e. The Morgan fingerprint density at radius 2 is 2.00 bits per heavy atom. The number of anilines is 2. The molecule has 16 heavy (non-hydrogen) atoms. The summed E-state index contributed by atoms with van der Waals surface area (Å²) in [6.45, 7) is 6.74. The van der Waals surface area contributed by atoms with Gasteiger partial charge in [-0.05, 0) is 43.4 Å². The van der Waals surface area contributed by atoms with E-state index in [0.29, 0.717) is 0 Å². The van der Waals surface area contributed by atoms with Crippen molar-refractivity contribution in [1.82, 2.24) is 0 Å². The van der Waals surface area contributed by atoms with Gasteiger partial charge in [-0.1, -0.05) is 19.4 Å². The van der Waals surface area contributed by atoms with Crippen LogP contribution in [0, 0.1) is 12.8 Å². The summed E-state index contributed by atoms with van der Waals surface area (Å²) < 4.78 is 0. The van der Waals surface area contributed by atoms with E-state index in [1.807, 2.05) is 6.07 Å². The largest absolute Gasteiger partial charge is 0.397 e. The summed E-state index contributed by atoms with van der Waals surface area (Å²) in [5, 5.41) is 0. The van der Waals surface area contributed by atoms with Crippen LogP contribution in [0.15, 0.2) is 18.2 Å². The van der Waals surface area contributed by atoms with Crippen LogP contribution in [0.3, 0.4) is 0 Å². The van der Waals surface area contributed by atoms with Crippen molar-refractivity contribution < 1.29 is 0 Å². The number of nitrogens with two attached hydrogens (primary N) is 1. The molecule has 1 heterocycles. The number of nitrogen functional groups attached to an aromatic ring is 1. The lowest BCUT2D eigenvalue weighted by molar-refractivity contribution is 0.395. The van der Waals surface area contributed by atoms with Crippen molar-refractivity contribution >= 4 is 11.4 Å². The minimum absolute atomic E-state index is 0.917. The first-order valence-corrected chi connectivity index (χ1v) is 6.31. The number of hydrogen-bond acceptors (Lipinski definition) is 2. The van der Waals surface area contributed by atoms with Crippen LogP contribution >= 0.6 is 0 Å². The van der Waals surface area contributed by atoms with E-state index in [9.17, 15) is 0 Å². The van der Waals surface area contributed by atoms with Crippen molar-refractivity contribution in [2.24, 2.45) is 5.92 Å². The normalized spacial score (nSPS) is 17.8. The number of piperidine rings is 1. The van der Waals surface area contributed by atoms with Crippen molar-refractivity contribution in [2.75, 3.05) is 23.7 Å². The minimum Gasteiger partial charge on any atom is -0.397 e. The fraction of sp³-hybridized carbons (Fsp3) is 0.571. The van der Waals surface area contributed by atoms with E-state index in [4.69, 9.17) is 5.73 Å². The summed E-state index contributed by atoms with van der Waals surface area (Å²) in [6, 6.07) is 6.32. The van der Waals surface area contributed by atoms with Crippen LogP contribution in [-0.2, 0) is 0 Å². The van der Waals surface area contributed by atoms with E-state index in [1.54, 1.807) is 0 Å². The molecule has 2 nitrogen and oxygen atoms in total. The smallest absolute Gasteiger partial charge is 0.0602 e. The van der Waals surface area contributed by atoms with Gasteiger partial charge < -0.3 is 10.6 Å². The van der Waals surface area contributed by atoms with Crippen LogP contribution in [0.2, 0.25) is 0 Å². The van der Waals surface area contributed by atoms with E-state index >= 15 is 0 Å². The molecule has 1 saturated heterocycles. The summed E-state index contributed by atoms with van der Waals surface area (Å²) >= 11 is 0. The fourth-order valence-electron chi connectivity index (χ4n) is 2.51. The number of hydrogen-bond donors (Lipinski definition) is 1. The van der Waals surface area contributed by atoms with Gasteiger partial charge in [0.25, 0.3) is 0 Å². The Morgan fingerprint density at radius 3 is 2.62 bits per heavy atom. The molecule has 0 amide bonds. The quantitative estimate of drug-likeness (QED) is 0.772. The molecule has 0 aromatic heterocycles. The third kappa shape index (κ3) is 2.31. The van der Waals surface area contributed by atoms with Gasteiger partial charge in [-0.15, -0.1) is 0 Å². The van der Waals surface area contributed by atoms with Crippen molar-refractivity contribution in [2.45, 2.75) is 33.1 Å². The molecule has 0 saturated carbocycles. The average Bonchev–Trinajstić information content (AvgIpc) is 2.32. The maximum absolute atomic E-state index is 6.05. The molecule has 1 aliphatic rings. The van der Waals surface area contributed by atoms with Gasteiger partial charge in [0, 0.05) is 13.1 Å². The van der Waals surface area contributed by atoms with Crippen LogP contribution < -0.4 is 10.6 Å². The van der Waals surface area contributed by atoms with E-state index in [2.05, 4.69) is 30.9 Å². The molecule has 2 N–H and O–H groups in total. The Morgan fingerprint density at radius 1 is 1.31 bits per heavy atom. The van der Waals surface area contributed by atoms with Crippen molar-refractivity contribution in [3.8, 4) is 0 Å². The second-order valence-electron chi connectivity index (χ2n) is 4.90. The molecule has 2 heteroatoms. The molecule has 0 aliphatic carbocycles. The third-order valence-electron chi connectivity index (χ3n) is 3.72. The molecule has 0 radical (unpaired) electrons. The molecule has 1 aromatic carbocycles. The first kappa shape index (κ1) is 11.3. The van der Waals surface area contributed by atoms with E-state index in [0.717, 1.165) is 24.7 Å². The highest BCUT2D eigenvalue weighted by Crippen LogP contribution is 2.29. The van der Waals surface area contributed by atoms with Crippen LogP contribution in [0.4, 0.5) is 11.4 Å². The van der Waals surface area contributed by atoms with E-state index in [-0.39, 0.29) is 0 Å². The molecule has 0 unspecified atom stereocenters. The van der Waals surface area contributed by atoms with Gasteiger partial charge in [-0.3, -0.25) is 0 Å². The number of aryl methyl sites for hydroxylation is 1. The fourth-order valence-corrected chi connectivity index (χ4v) is 2.51. The van der Waals surface area contributed by atoms with Gasteiger partial charge in [0.05, 0.1) is 11.4 Å². The van der Waals surface area contributed by atoms with E-state index < -0.39 is 0 Å². The standard InChI is InChI=1S/C14H22N2/c1-3-12-6-8-16(9-7-12)14-10-11(2)4-5-13(14)15/h4-5,10,12H,3,6-9,15H2,1-2H3. The number of nitrogens with zero attached hydrogens (tertiary/aromatic N) is 1. The second kappa shape index (κ2) is 4.77. The first-order valence-electron chi connectivity index (χ1n) is 6.31. The first-order chi connectivity index (χ1) is 7.70. The molecule has 0 spiro atoms. The lowest BCUT2D eigenvalue weighted by Gasteiger charge is -2.34. The highest BCUT2D eigenvalue weighted by atomic mass is 15.1. The predicted molar refractivity (Wildman–Crippen MR) is 70.8 cm³/mol. The Balaban J connectivity index is 2.10.